The number of ether oxygens (including phenoxy) is 3. The zero-order valence-electron chi connectivity index (χ0n) is 17.9. The number of rotatable bonds is 5. The van der Waals surface area contributed by atoms with Crippen molar-refractivity contribution in [3.05, 3.63) is 65.6 Å². The van der Waals surface area contributed by atoms with Crippen molar-refractivity contribution in [2.45, 2.75) is 19.8 Å². The minimum Gasteiger partial charge on any atom is -0.493 e. The number of hydrogen-bond donors (Lipinski definition) is 0. The molecule has 0 fully saturated rings. The Kier molecular flexibility index (Phi) is 4.66. The molecule has 4 aromatic rings. The van der Waals surface area contributed by atoms with E-state index in [0.29, 0.717) is 51.5 Å². The molecular weight excluding hydrogens is 412 g/mol. The SMILES string of the molecule is COc1ccc(-c2nc3c4c(ncn3n2)OC(C)=C(C(C)=O)[C@H]4c2ccco2)cc1OC. The van der Waals surface area contributed by atoms with E-state index in [1.165, 1.54) is 13.3 Å². The number of benzene rings is 1. The van der Waals surface area contributed by atoms with Crippen LogP contribution in [0.1, 0.15) is 31.1 Å². The Labute approximate surface area is 183 Å². The highest BCUT2D eigenvalue weighted by Crippen LogP contribution is 2.44. The average Bonchev–Trinajstić information content (AvgIpc) is 3.47. The van der Waals surface area contributed by atoms with Gasteiger partial charge in [0.25, 0.3) is 0 Å². The number of carbonyl (C=O) groups excluding carboxylic acids is 1. The highest BCUT2D eigenvalue weighted by molar-refractivity contribution is 5.97. The first-order chi connectivity index (χ1) is 15.5. The first kappa shape index (κ1) is 19.8. The molecular formula is C23H20N4O5. The summed E-state index contributed by atoms with van der Waals surface area (Å²) in [7, 11) is 3.15. The van der Waals surface area contributed by atoms with Crippen LogP contribution >= 0.6 is 0 Å². The summed E-state index contributed by atoms with van der Waals surface area (Å²) >= 11 is 0. The van der Waals surface area contributed by atoms with E-state index in [-0.39, 0.29) is 5.78 Å². The predicted molar refractivity (Wildman–Crippen MR) is 114 cm³/mol. The maximum absolute atomic E-state index is 12.5. The summed E-state index contributed by atoms with van der Waals surface area (Å²) in [4.78, 5) is 21.7. The molecule has 162 valence electrons. The summed E-state index contributed by atoms with van der Waals surface area (Å²) in [5, 5.41) is 4.59. The fourth-order valence-corrected chi connectivity index (χ4v) is 4.03. The van der Waals surface area contributed by atoms with E-state index in [1.54, 1.807) is 50.1 Å². The van der Waals surface area contributed by atoms with E-state index >= 15 is 0 Å². The number of ketones is 1. The van der Waals surface area contributed by atoms with Crippen LogP contribution in [-0.4, -0.2) is 39.6 Å². The lowest BCUT2D eigenvalue weighted by Crippen LogP contribution is -2.21. The van der Waals surface area contributed by atoms with Crippen LogP contribution in [0.5, 0.6) is 17.4 Å². The fourth-order valence-electron chi connectivity index (χ4n) is 4.03. The first-order valence-corrected chi connectivity index (χ1v) is 9.92. The van der Waals surface area contributed by atoms with Crippen molar-refractivity contribution in [2.75, 3.05) is 14.2 Å². The van der Waals surface area contributed by atoms with Gasteiger partial charge in [0.15, 0.2) is 28.8 Å². The van der Waals surface area contributed by atoms with Crippen LogP contribution in [0, 0.1) is 0 Å². The van der Waals surface area contributed by atoms with Gasteiger partial charge in [-0.25, -0.2) is 14.5 Å². The molecule has 3 aromatic heterocycles. The summed E-state index contributed by atoms with van der Waals surface area (Å²) in [5.74, 6) is 2.48. The highest BCUT2D eigenvalue weighted by Gasteiger charge is 2.37. The Hall–Kier alpha value is -4.14. The smallest absolute Gasteiger partial charge is 0.228 e. The summed E-state index contributed by atoms with van der Waals surface area (Å²) in [6.07, 6.45) is 3.11. The van der Waals surface area contributed by atoms with Gasteiger partial charge in [-0.2, -0.15) is 0 Å². The molecule has 0 bridgehead atoms. The molecule has 5 rings (SSSR count). The van der Waals surface area contributed by atoms with Crippen LogP contribution in [0.2, 0.25) is 0 Å². The molecule has 0 amide bonds. The molecule has 1 aliphatic rings. The van der Waals surface area contributed by atoms with Crippen LogP contribution in [0.15, 0.2) is 58.7 Å². The molecule has 1 atom stereocenters. The number of furan rings is 1. The zero-order valence-corrected chi connectivity index (χ0v) is 17.9. The average molecular weight is 432 g/mol. The maximum atomic E-state index is 12.5. The Morgan fingerprint density at radius 3 is 2.66 bits per heavy atom. The zero-order chi connectivity index (χ0) is 22.4. The van der Waals surface area contributed by atoms with Gasteiger partial charge in [0.2, 0.25) is 5.88 Å². The highest BCUT2D eigenvalue weighted by atomic mass is 16.5. The Morgan fingerprint density at radius 1 is 1.16 bits per heavy atom. The lowest BCUT2D eigenvalue weighted by atomic mass is 9.85. The minimum atomic E-state index is -0.509. The van der Waals surface area contributed by atoms with Crippen molar-refractivity contribution in [3.8, 4) is 28.8 Å². The van der Waals surface area contributed by atoms with Crippen LogP contribution in [0.25, 0.3) is 17.0 Å². The number of nitrogens with zero attached hydrogens (tertiary/aromatic N) is 4. The van der Waals surface area contributed by atoms with Gasteiger partial charge in [-0.15, -0.1) is 5.10 Å². The third-order valence-electron chi connectivity index (χ3n) is 5.44. The molecule has 0 radical (unpaired) electrons. The second kappa shape index (κ2) is 7.52. The number of carbonyl (C=O) groups is 1. The van der Waals surface area contributed by atoms with Crippen molar-refractivity contribution in [2.24, 2.45) is 0 Å². The molecule has 32 heavy (non-hydrogen) atoms. The molecule has 1 aliphatic heterocycles. The molecule has 0 saturated carbocycles. The number of aromatic nitrogens is 4. The van der Waals surface area contributed by atoms with Gasteiger partial charge in [0.1, 0.15) is 17.8 Å². The lowest BCUT2D eigenvalue weighted by Gasteiger charge is -2.26. The van der Waals surface area contributed by atoms with Crippen LogP contribution in [0.3, 0.4) is 0 Å². The molecule has 0 spiro atoms. The van der Waals surface area contributed by atoms with Gasteiger partial charge in [-0.05, 0) is 44.2 Å². The topological polar surface area (TPSA) is 101 Å². The van der Waals surface area contributed by atoms with Gasteiger partial charge in [-0.1, -0.05) is 0 Å². The fraction of sp³-hybridized carbons (Fsp3) is 0.217. The maximum Gasteiger partial charge on any atom is 0.228 e. The van der Waals surface area contributed by atoms with E-state index in [9.17, 15) is 4.79 Å². The number of Topliss-reactive ketones (excluding diaryl/α,β-unsaturated/α-hetero) is 1. The Balaban J connectivity index is 1.72. The normalized spacial score (nSPS) is 15.4. The van der Waals surface area contributed by atoms with E-state index in [1.807, 2.05) is 12.1 Å². The molecule has 0 N–H and O–H groups in total. The van der Waals surface area contributed by atoms with Crippen molar-refractivity contribution in [1.29, 1.82) is 0 Å². The summed E-state index contributed by atoms with van der Waals surface area (Å²) in [5.41, 5.74) is 2.38. The van der Waals surface area contributed by atoms with Crippen LogP contribution in [0.4, 0.5) is 0 Å². The molecule has 1 aromatic carbocycles. The third-order valence-corrected chi connectivity index (χ3v) is 5.44. The van der Waals surface area contributed by atoms with E-state index < -0.39 is 5.92 Å². The van der Waals surface area contributed by atoms with Gasteiger partial charge in [0, 0.05) is 11.1 Å². The third kappa shape index (κ3) is 3.01. The standard InChI is InChI=1S/C23H20N4O5/c1-12(28)18-13(2)32-23-20(19(18)16-6-5-9-31-16)22-25-21(26-27(22)11-24-23)14-7-8-15(29-3)17(10-14)30-4/h5-11,19H,1-4H3/t19-/m1/s1. The second-order valence-electron chi connectivity index (χ2n) is 7.31. The predicted octanol–water partition coefficient (Wildman–Crippen LogP) is 3.79. The summed E-state index contributed by atoms with van der Waals surface area (Å²) in [6, 6.07) is 9.05. The molecule has 9 nitrogen and oxygen atoms in total. The van der Waals surface area contributed by atoms with Crippen molar-refractivity contribution >= 4 is 11.4 Å². The second-order valence-corrected chi connectivity index (χ2v) is 7.31. The van der Waals surface area contributed by atoms with E-state index in [4.69, 9.17) is 23.6 Å². The van der Waals surface area contributed by atoms with E-state index in [2.05, 4.69) is 10.1 Å². The van der Waals surface area contributed by atoms with Gasteiger partial charge >= 0.3 is 0 Å². The number of hydrogen-bond acceptors (Lipinski definition) is 8. The molecule has 0 saturated heterocycles. The van der Waals surface area contributed by atoms with Gasteiger partial charge in [-0.3, -0.25) is 4.79 Å². The van der Waals surface area contributed by atoms with Crippen molar-refractivity contribution in [1.82, 2.24) is 19.6 Å². The lowest BCUT2D eigenvalue weighted by molar-refractivity contribution is -0.114. The number of fused-ring (bicyclic) bond motifs is 3. The Morgan fingerprint density at radius 2 is 1.97 bits per heavy atom. The van der Waals surface area contributed by atoms with Gasteiger partial charge in [0.05, 0.1) is 32.0 Å². The number of methoxy groups -OCH3 is 2. The summed E-state index contributed by atoms with van der Waals surface area (Å²) in [6.45, 7) is 3.26. The Bertz CT molecular complexity index is 1370. The number of allylic oxidation sites excluding steroid dienone is 2. The van der Waals surface area contributed by atoms with Crippen LogP contribution < -0.4 is 14.2 Å². The molecule has 9 heteroatoms. The van der Waals surface area contributed by atoms with E-state index in [0.717, 1.165) is 5.56 Å². The molecule has 4 heterocycles. The monoisotopic (exact) mass is 432 g/mol. The van der Waals surface area contributed by atoms with Gasteiger partial charge < -0.3 is 18.6 Å². The molecule has 0 aliphatic carbocycles. The molecule has 0 unspecified atom stereocenters. The quantitative estimate of drug-likeness (QED) is 0.470. The van der Waals surface area contributed by atoms with Crippen molar-refractivity contribution < 1.29 is 23.4 Å². The first-order valence-electron chi connectivity index (χ1n) is 9.92. The van der Waals surface area contributed by atoms with Crippen molar-refractivity contribution in [3.63, 3.8) is 0 Å². The minimum absolute atomic E-state index is 0.115. The van der Waals surface area contributed by atoms with Crippen LogP contribution in [-0.2, 0) is 4.79 Å². The summed E-state index contributed by atoms with van der Waals surface area (Å²) < 4.78 is 23.9. The largest absolute Gasteiger partial charge is 0.493 e.